The first kappa shape index (κ1) is 22.6. The van der Waals surface area contributed by atoms with Crippen LogP contribution in [0.2, 0.25) is 0 Å². The lowest BCUT2D eigenvalue weighted by molar-refractivity contribution is -0.303. The van der Waals surface area contributed by atoms with Crippen LogP contribution in [0.5, 0.6) is 0 Å². The third-order valence-electron chi connectivity index (χ3n) is 4.09. The van der Waals surface area contributed by atoms with Crippen LogP contribution in [0, 0.1) is 0 Å². The molecule has 1 rings (SSSR count). The minimum absolute atomic E-state index is 0.206. The monoisotopic (exact) mass is 370 g/mol. The Hall–Kier alpha value is -0.440. The van der Waals surface area contributed by atoms with Gasteiger partial charge in [-0.15, -0.1) is 0 Å². The maximum absolute atomic E-state index is 10.1. The average molecular weight is 370 g/mol. The minimum atomic E-state index is -1.42. The van der Waals surface area contributed by atoms with Crippen LogP contribution in [0.4, 0.5) is 0 Å². The molecule has 11 heteroatoms. The minimum Gasteiger partial charge on any atom is -0.394 e. The Balaban J connectivity index is 2.92. The van der Waals surface area contributed by atoms with Gasteiger partial charge in [0.25, 0.3) is 0 Å². The molecule has 25 heavy (non-hydrogen) atoms. The van der Waals surface area contributed by atoms with Gasteiger partial charge in [-0.1, -0.05) is 0 Å². The Morgan fingerprint density at radius 2 is 1.84 bits per heavy atom. The average Bonchev–Trinajstić information content (AvgIpc) is 2.63. The molecule has 0 radical (unpaired) electrons. The second-order valence-corrected chi connectivity index (χ2v) is 5.85. The standard InChI is InChI=1S/C14H30N2O9/c1-6(22-2)23-9(5-18)13(7(19)3-15)25-14-10(16)12(21)11(20)8(4-17)24-14/h6-14,17-21H,3-5,15-16H2,1-2H3/t6?,7-,8?,9?,10?,11?,12+,13+,14-/m0/s1. The molecule has 0 aromatic carbocycles. The summed E-state index contributed by atoms with van der Waals surface area (Å²) in [7, 11) is 1.40. The fourth-order valence-corrected chi connectivity index (χ4v) is 2.47. The highest BCUT2D eigenvalue weighted by Crippen LogP contribution is 2.24. The van der Waals surface area contributed by atoms with Crippen molar-refractivity contribution in [1.29, 1.82) is 0 Å². The Bertz CT molecular complexity index is 376. The Labute approximate surface area is 146 Å². The van der Waals surface area contributed by atoms with Crippen molar-refractivity contribution < 1.29 is 44.5 Å². The first-order valence-corrected chi connectivity index (χ1v) is 8.01. The van der Waals surface area contributed by atoms with Crippen LogP contribution in [0.3, 0.4) is 0 Å². The first-order valence-electron chi connectivity index (χ1n) is 8.01. The Morgan fingerprint density at radius 1 is 1.20 bits per heavy atom. The number of ether oxygens (including phenoxy) is 4. The second-order valence-electron chi connectivity index (χ2n) is 5.85. The number of rotatable bonds is 10. The number of methoxy groups -OCH3 is 1. The summed E-state index contributed by atoms with van der Waals surface area (Å²) in [4.78, 5) is 0. The van der Waals surface area contributed by atoms with E-state index in [1.165, 1.54) is 7.11 Å². The fourth-order valence-electron chi connectivity index (χ4n) is 2.47. The third-order valence-corrected chi connectivity index (χ3v) is 4.09. The summed E-state index contributed by atoms with van der Waals surface area (Å²) in [5.74, 6) is 0. The van der Waals surface area contributed by atoms with Gasteiger partial charge in [0.15, 0.2) is 12.6 Å². The van der Waals surface area contributed by atoms with Crippen molar-refractivity contribution in [1.82, 2.24) is 0 Å². The van der Waals surface area contributed by atoms with E-state index in [4.69, 9.17) is 30.4 Å². The highest BCUT2D eigenvalue weighted by Gasteiger charge is 2.45. The zero-order valence-corrected chi connectivity index (χ0v) is 14.3. The lowest BCUT2D eigenvalue weighted by atomic mass is 9.97. The summed E-state index contributed by atoms with van der Waals surface area (Å²) in [6, 6.07) is -1.16. The number of nitrogens with two attached hydrogens (primary N) is 2. The van der Waals surface area contributed by atoms with E-state index in [1.807, 2.05) is 0 Å². The summed E-state index contributed by atoms with van der Waals surface area (Å²) in [5, 5.41) is 48.7. The molecule has 0 aromatic heterocycles. The second kappa shape index (κ2) is 10.6. The van der Waals surface area contributed by atoms with Gasteiger partial charge in [-0.2, -0.15) is 0 Å². The molecule has 1 heterocycles. The van der Waals surface area contributed by atoms with Crippen LogP contribution < -0.4 is 11.5 Å². The van der Waals surface area contributed by atoms with E-state index in [0.29, 0.717) is 0 Å². The molecule has 0 saturated carbocycles. The first-order chi connectivity index (χ1) is 11.8. The van der Waals surface area contributed by atoms with Crippen molar-refractivity contribution in [2.75, 3.05) is 26.9 Å². The van der Waals surface area contributed by atoms with E-state index in [1.54, 1.807) is 6.92 Å². The van der Waals surface area contributed by atoms with Gasteiger partial charge in [-0.25, -0.2) is 0 Å². The molecule has 5 unspecified atom stereocenters. The summed E-state index contributed by atoms with van der Waals surface area (Å²) in [6.07, 6.45) is -9.35. The van der Waals surface area contributed by atoms with Crippen LogP contribution in [0.25, 0.3) is 0 Å². The van der Waals surface area contributed by atoms with Gasteiger partial charge in [0, 0.05) is 13.7 Å². The highest BCUT2D eigenvalue weighted by atomic mass is 16.7. The zero-order valence-electron chi connectivity index (χ0n) is 14.3. The summed E-state index contributed by atoms with van der Waals surface area (Å²) in [5.41, 5.74) is 11.3. The van der Waals surface area contributed by atoms with Crippen molar-refractivity contribution in [2.45, 2.75) is 62.2 Å². The number of hydrogen-bond donors (Lipinski definition) is 7. The Kier molecular flexibility index (Phi) is 9.62. The van der Waals surface area contributed by atoms with Gasteiger partial charge < -0.3 is 55.9 Å². The Morgan fingerprint density at radius 3 is 2.32 bits per heavy atom. The van der Waals surface area contributed by atoms with Crippen LogP contribution in [-0.4, -0.2) is 108 Å². The molecule has 0 amide bonds. The predicted octanol–water partition coefficient (Wildman–Crippen LogP) is -4.17. The summed E-state index contributed by atoms with van der Waals surface area (Å²) < 4.78 is 21.4. The van der Waals surface area contributed by atoms with Gasteiger partial charge >= 0.3 is 0 Å². The van der Waals surface area contributed by atoms with E-state index < -0.39 is 68.5 Å². The molecular formula is C14H30N2O9. The largest absolute Gasteiger partial charge is 0.394 e. The molecule has 9 atom stereocenters. The molecule has 0 aliphatic carbocycles. The van der Waals surface area contributed by atoms with Crippen LogP contribution in [0.1, 0.15) is 6.92 Å². The smallest absolute Gasteiger partial charge is 0.176 e. The third kappa shape index (κ3) is 5.77. The number of aliphatic hydroxyl groups excluding tert-OH is 5. The van der Waals surface area contributed by atoms with Gasteiger partial charge in [0.05, 0.1) is 25.4 Å². The summed E-state index contributed by atoms with van der Waals surface area (Å²) in [6.45, 7) is 0.281. The number of hydrogen-bond acceptors (Lipinski definition) is 11. The molecule has 1 fully saturated rings. The van der Waals surface area contributed by atoms with E-state index in [9.17, 15) is 25.5 Å². The van der Waals surface area contributed by atoms with E-state index >= 15 is 0 Å². The van der Waals surface area contributed by atoms with E-state index in [2.05, 4.69) is 0 Å². The van der Waals surface area contributed by atoms with Gasteiger partial charge in [-0.3, -0.25) is 0 Å². The molecule has 150 valence electrons. The molecule has 0 bridgehead atoms. The molecule has 1 saturated heterocycles. The molecule has 11 nitrogen and oxygen atoms in total. The normalized spacial score (nSPS) is 35.2. The maximum atomic E-state index is 10.1. The van der Waals surface area contributed by atoms with Crippen LogP contribution >= 0.6 is 0 Å². The van der Waals surface area contributed by atoms with Crippen molar-refractivity contribution in [3.63, 3.8) is 0 Å². The van der Waals surface area contributed by atoms with Crippen LogP contribution in [0.15, 0.2) is 0 Å². The lowest BCUT2D eigenvalue weighted by Gasteiger charge is -2.43. The van der Waals surface area contributed by atoms with Gasteiger partial charge in [0.1, 0.15) is 30.5 Å². The van der Waals surface area contributed by atoms with Crippen molar-refractivity contribution >= 4 is 0 Å². The van der Waals surface area contributed by atoms with E-state index in [-0.39, 0.29) is 6.54 Å². The van der Waals surface area contributed by atoms with Crippen molar-refractivity contribution in [2.24, 2.45) is 11.5 Å². The summed E-state index contributed by atoms with van der Waals surface area (Å²) >= 11 is 0. The SMILES string of the molecule is COC(C)OC(CO)[C@H](O[C@@H]1OC(CO)C(O)[C@H](O)C1N)[C@@H](O)CN. The lowest BCUT2D eigenvalue weighted by Crippen LogP contribution is -2.64. The predicted molar refractivity (Wildman–Crippen MR) is 84.1 cm³/mol. The maximum Gasteiger partial charge on any atom is 0.176 e. The highest BCUT2D eigenvalue weighted by molar-refractivity contribution is 4.92. The van der Waals surface area contributed by atoms with Crippen molar-refractivity contribution in [3.05, 3.63) is 0 Å². The molecule has 0 aromatic rings. The molecule has 0 spiro atoms. The van der Waals surface area contributed by atoms with E-state index in [0.717, 1.165) is 0 Å². The fraction of sp³-hybridized carbons (Fsp3) is 1.00. The molecule has 1 aliphatic heterocycles. The molecule has 9 N–H and O–H groups in total. The quantitative estimate of drug-likeness (QED) is 0.185. The zero-order chi connectivity index (χ0) is 19.1. The molecule has 1 aliphatic rings. The van der Waals surface area contributed by atoms with Crippen LogP contribution in [-0.2, 0) is 18.9 Å². The topological polar surface area (TPSA) is 190 Å². The van der Waals surface area contributed by atoms with Gasteiger partial charge in [0.2, 0.25) is 0 Å². The number of aliphatic hydroxyl groups is 5. The molecular weight excluding hydrogens is 340 g/mol. The van der Waals surface area contributed by atoms with Gasteiger partial charge in [-0.05, 0) is 6.92 Å². The van der Waals surface area contributed by atoms with Crippen molar-refractivity contribution in [3.8, 4) is 0 Å².